The van der Waals surface area contributed by atoms with Crippen molar-refractivity contribution in [3.8, 4) is 0 Å². The molecule has 0 aromatic rings. The molecular weight excluding hydrogens is 236 g/mol. The first kappa shape index (κ1) is 13.0. The van der Waals surface area contributed by atoms with Crippen LogP contribution in [0.1, 0.15) is 39.5 Å². The Morgan fingerprint density at radius 3 is 2.47 bits per heavy atom. The molecule has 0 aliphatic carbocycles. The second-order valence-corrected chi connectivity index (χ2v) is 6.57. The molecule has 0 bridgehead atoms. The Balaban J connectivity index is 2.07. The lowest BCUT2D eigenvalue weighted by atomic mass is 10.1. The molecule has 4 nitrogen and oxygen atoms in total. The van der Waals surface area contributed by atoms with E-state index in [9.17, 15) is 9.00 Å². The second-order valence-electron chi connectivity index (χ2n) is 4.88. The largest absolute Gasteiger partial charge is 0.323 e. The molecule has 0 radical (unpaired) electrons. The number of amides is 1. The van der Waals surface area contributed by atoms with Crippen LogP contribution >= 0.6 is 0 Å². The Morgan fingerprint density at radius 1 is 1.29 bits per heavy atom. The van der Waals surface area contributed by atoms with Crippen molar-refractivity contribution in [2.24, 2.45) is 0 Å². The molecule has 0 spiro atoms. The zero-order valence-corrected chi connectivity index (χ0v) is 11.5. The summed E-state index contributed by atoms with van der Waals surface area (Å²) in [4.78, 5) is 14.3. The first-order valence-electron chi connectivity index (χ1n) is 6.60. The summed E-state index contributed by atoms with van der Waals surface area (Å²) >= 11 is 0. The lowest BCUT2D eigenvalue weighted by Crippen LogP contribution is -2.47. The number of nitrogens with zero attached hydrogens (tertiary/aromatic N) is 1. The summed E-state index contributed by atoms with van der Waals surface area (Å²) in [7, 11) is -0.654. The third-order valence-electron chi connectivity index (χ3n) is 3.83. The van der Waals surface area contributed by atoms with Crippen LogP contribution in [-0.4, -0.2) is 44.8 Å². The Kier molecular flexibility index (Phi) is 4.20. The Hall–Kier alpha value is -0.420. The molecule has 1 N–H and O–H groups in total. The molecule has 2 unspecified atom stereocenters. The summed E-state index contributed by atoms with van der Waals surface area (Å²) in [5, 5.41) is 3.40. The van der Waals surface area contributed by atoms with Crippen molar-refractivity contribution in [3.63, 3.8) is 0 Å². The molecule has 0 saturated carbocycles. The van der Waals surface area contributed by atoms with Gasteiger partial charge in [0, 0.05) is 28.3 Å². The summed E-state index contributed by atoms with van der Waals surface area (Å²) in [6.45, 7) is 4.15. The summed E-state index contributed by atoms with van der Waals surface area (Å²) in [5.74, 6) is 1.75. The lowest BCUT2D eigenvalue weighted by molar-refractivity contribution is -0.132. The van der Waals surface area contributed by atoms with E-state index in [2.05, 4.69) is 12.2 Å². The molecule has 0 aromatic heterocycles. The van der Waals surface area contributed by atoms with Gasteiger partial charge in [-0.1, -0.05) is 13.8 Å². The fourth-order valence-electron chi connectivity index (χ4n) is 2.82. The summed E-state index contributed by atoms with van der Waals surface area (Å²) in [5.41, 5.74) is 0. The van der Waals surface area contributed by atoms with Crippen LogP contribution in [0.15, 0.2) is 0 Å². The number of rotatable bonds is 3. The van der Waals surface area contributed by atoms with E-state index < -0.39 is 10.8 Å². The van der Waals surface area contributed by atoms with Gasteiger partial charge in [-0.25, -0.2) is 0 Å². The predicted octanol–water partition coefficient (Wildman–Crippen LogP) is 0.844. The van der Waals surface area contributed by atoms with Crippen molar-refractivity contribution in [3.05, 3.63) is 0 Å². The maximum atomic E-state index is 12.3. The van der Waals surface area contributed by atoms with Crippen molar-refractivity contribution >= 4 is 16.7 Å². The number of hydrogen-bond acceptors (Lipinski definition) is 3. The molecule has 2 saturated heterocycles. The second kappa shape index (κ2) is 5.48. The molecule has 2 aliphatic rings. The molecule has 2 fully saturated rings. The van der Waals surface area contributed by atoms with Gasteiger partial charge in [-0.3, -0.25) is 14.3 Å². The Labute approximate surface area is 106 Å². The third kappa shape index (κ3) is 2.55. The molecule has 2 rings (SSSR count). The van der Waals surface area contributed by atoms with Crippen LogP contribution in [0.25, 0.3) is 0 Å². The van der Waals surface area contributed by atoms with Crippen LogP contribution in [0, 0.1) is 0 Å². The van der Waals surface area contributed by atoms with Gasteiger partial charge in [0.25, 0.3) is 0 Å². The fraction of sp³-hybridized carbons (Fsp3) is 0.917. The predicted molar refractivity (Wildman–Crippen MR) is 69.0 cm³/mol. The maximum absolute atomic E-state index is 12.3. The van der Waals surface area contributed by atoms with Gasteiger partial charge in [0.2, 0.25) is 5.91 Å². The molecule has 1 amide bonds. The highest BCUT2D eigenvalue weighted by molar-refractivity contribution is 7.85. The smallest absolute Gasteiger partial charge is 0.241 e. The molecule has 5 heteroatoms. The number of hydrogen-bond donors (Lipinski definition) is 1. The molecule has 2 aliphatic heterocycles. The standard InChI is InChI=1S/C12H22N2O2S/c1-3-10-12(15)14(11(4-2)13-10)9-5-7-17(16)8-6-9/h9-11,13H,3-8H2,1-2H3. The van der Waals surface area contributed by atoms with Gasteiger partial charge in [0.1, 0.15) is 0 Å². The fourth-order valence-corrected chi connectivity index (χ4v) is 4.09. The van der Waals surface area contributed by atoms with Gasteiger partial charge < -0.3 is 4.90 Å². The molecule has 98 valence electrons. The molecule has 17 heavy (non-hydrogen) atoms. The summed E-state index contributed by atoms with van der Waals surface area (Å²) in [6, 6.07) is 0.293. The first-order chi connectivity index (χ1) is 8.17. The number of carbonyl (C=O) groups is 1. The van der Waals surface area contributed by atoms with Crippen LogP contribution in [0.4, 0.5) is 0 Å². The SMILES string of the molecule is CCC1NC(CC)N(C2CCS(=O)CC2)C1=O. The van der Waals surface area contributed by atoms with E-state index in [1.54, 1.807) is 0 Å². The van der Waals surface area contributed by atoms with Crippen LogP contribution < -0.4 is 5.32 Å². The molecule has 2 atom stereocenters. The van der Waals surface area contributed by atoms with Crippen LogP contribution in [0.5, 0.6) is 0 Å². The van der Waals surface area contributed by atoms with Gasteiger partial charge in [0.15, 0.2) is 0 Å². The lowest BCUT2D eigenvalue weighted by Gasteiger charge is -2.34. The quantitative estimate of drug-likeness (QED) is 0.816. The van der Waals surface area contributed by atoms with E-state index >= 15 is 0 Å². The highest BCUT2D eigenvalue weighted by Crippen LogP contribution is 2.24. The summed E-state index contributed by atoms with van der Waals surface area (Å²) < 4.78 is 11.4. The Morgan fingerprint density at radius 2 is 1.94 bits per heavy atom. The zero-order chi connectivity index (χ0) is 12.4. The average Bonchev–Trinajstić information content (AvgIpc) is 2.67. The third-order valence-corrected chi connectivity index (χ3v) is 5.21. The molecule has 0 aromatic carbocycles. The van der Waals surface area contributed by atoms with E-state index in [-0.39, 0.29) is 18.1 Å². The van der Waals surface area contributed by atoms with E-state index in [4.69, 9.17) is 0 Å². The molecule has 2 heterocycles. The van der Waals surface area contributed by atoms with Gasteiger partial charge >= 0.3 is 0 Å². The van der Waals surface area contributed by atoms with Gasteiger partial charge in [-0.05, 0) is 25.7 Å². The van der Waals surface area contributed by atoms with E-state index in [1.165, 1.54) is 0 Å². The number of nitrogens with one attached hydrogen (secondary N) is 1. The summed E-state index contributed by atoms with van der Waals surface area (Å²) in [6.07, 6.45) is 3.77. The minimum Gasteiger partial charge on any atom is -0.323 e. The van der Waals surface area contributed by atoms with Gasteiger partial charge in [-0.15, -0.1) is 0 Å². The topological polar surface area (TPSA) is 49.4 Å². The van der Waals surface area contributed by atoms with Crippen molar-refractivity contribution in [1.29, 1.82) is 0 Å². The minimum atomic E-state index is -0.654. The average molecular weight is 258 g/mol. The van der Waals surface area contributed by atoms with E-state index in [0.29, 0.717) is 6.04 Å². The van der Waals surface area contributed by atoms with Crippen LogP contribution in [0.2, 0.25) is 0 Å². The van der Waals surface area contributed by atoms with E-state index in [1.807, 2.05) is 11.8 Å². The normalized spacial score (nSPS) is 38.7. The highest BCUT2D eigenvalue weighted by Gasteiger charge is 2.41. The zero-order valence-electron chi connectivity index (χ0n) is 10.6. The van der Waals surface area contributed by atoms with Gasteiger partial charge in [0.05, 0.1) is 12.2 Å². The maximum Gasteiger partial charge on any atom is 0.241 e. The van der Waals surface area contributed by atoms with E-state index in [0.717, 1.165) is 37.2 Å². The minimum absolute atomic E-state index is 0.00706. The van der Waals surface area contributed by atoms with Gasteiger partial charge in [-0.2, -0.15) is 0 Å². The van der Waals surface area contributed by atoms with Crippen LogP contribution in [0.3, 0.4) is 0 Å². The highest BCUT2D eigenvalue weighted by atomic mass is 32.2. The Bertz CT molecular complexity index is 312. The first-order valence-corrected chi connectivity index (χ1v) is 8.09. The van der Waals surface area contributed by atoms with Crippen LogP contribution in [-0.2, 0) is 15.6 Å². The molecular formula is C12H22N2O2S. The van der Waals surface area contributed by atoms with Crippen molar-refractivity contribution in [1.82, 2.24) is 10.2 Å². The van der Waals surface area contributed by atoms with Crippen molar-refractivity contribution in [2.45, 2.75) is 57.8 Å². The number of carbonyl (C=O) groups excluding carboxylic acids is 1. The van der Waals surface area contributed by atoms with Crippen molar-refractivity contribution < 1.29 is 9.00 Å². The monoisotopic (exact) mass is 258 g/mol. The van der Waals surface area contributed by atoms with Crippen molar-refractivity contribution in [2.75, 3.05) is 11.5 Å².